The normalized spacial score (nSPS) is 14.7. The first-order valence-electron chi connectivity index (χ1n) is 14.1. The number of rotatable bonds is 11. The van der Waals surface area contributed by atoms with Gasteiger partial charge in [0.2, 0.25) is 5.43 Å². The fraction of sp³-hybridized carbons (Fsp3) is 0.267. The van der Waals surface area contributed by atoms with E-state index < -0.39 is 106 Å². The zero-order valence-corrected chi connectivity index (χ0v) is 29.0. The van der Waals surface area contributed by atoms with Crippen LogP contribution in [0.1, 0.15) is 0 Å². The predicted octanol–water partition coefficient (Wildman–Crippen LogP) is 5.95. The Morgan fingerprint density at radius 1 is 0.500 bits per heavy atom. The van der Waals surface area contributed by atoms with Crippen LogP contribution in [-0.4, -0.2) is 55.4 Å². The highest BCUT2D eigenvalue weighted by atomic mass is 127. The fourth-order valence-corrected chi connectivity index (χ4v) is 11.7. The van der Waals surface area contributed by atoms with Gasteiger partial charge in [-0.15, -0.1) is 0 Å². The standard InChI is InChI=1S/C30H12F17IO7S/c31-23(32,25(35,36)27(39,40)29(43,44)45)24(33,34)26(37,38)28(41,42)30(46,47)56(51,52)55-48(15-7-5-13-6-10-21(49)54-20(13)12-15)14-8-9-19-17(11-14)22(50)16-3-1-2-4-18(16)53-19/h1-12H/q+1. The van der Waals surface area contributed by atoms with Crippen LogP contribution < -0.4 is 31.3 Å². The van der Waals surface area contributed by atoms with Gasteiger partial charge in [0.05, 0.1) is 10.8 Å². The van der Waals surface area contributed by atoms with Gasteiger partial charge in [0, 0.05) is 23.6 Å². The van der Waals surface area contributed by atoms with Crippen LogP contribution in [0.15, 0.2) is 91.2 Å². The third-order valence-electron chi connectivity index (χ3n) is 7.67. The van der Waals surface area contributed by atoms with Crippen molar-refractivity contribution < 1.29 is 115 Å². The van der Waals surface area contributed by atoms with Crippen LogP contribution in [-0.2, 0) is 12.6 Å². The number of hydrogen-bond acceptors (Lipinski definition) is 7. The van der Waals surface area contributed by atoms with Crippen LogP contribution in [0, 0.1) is 7.14 Å². The first-order valence-corrected chi connectivity index (χ1v) is 18.6. The lowest BCUT2D eigenvalue weighted by Crippen LogP contribution is -3.85. The quantitative estimate of drug-likeness (QED) is 0.0699. The van der Waals surface area contributed by atoms with E-state index in [2.05, 4.69) is 2.51 Å². The van der Waals surface area contributed by atoms with Crippen LogP contribution in [0.25, 0.3) is 32.9 Å². The zero-order chi connectivity index (χ0) is 42.5. The van der Waals surface area contributed by atoms with Gasteiger partial charge in [0.1, 0.15) is 16.7 Å². The van der Waals surface area contributed by atoms with E-state index in [1.54, 1.807) is 0 Å². The summed E-state index contributed by atoms with van der Waals surface area (Å²) in [7, 11) is -8.03. The Kier molecular flexibility index (Phi) is 10.1. The molecule has 0 unspecified atom stereocenters. The van der Waals surface area contributed by atoms with Crippen molar-refractivity contribution in [1.29, 1.82) is 0 Å². The van der Waals surface area contributed by atoms with Crippen LogP contribution in [0.4, 0.5) is 74.6 Å². The van der Waals surface area contributed by atoms with Gasteiger partial charge < -0.3 is 8.83 Å². The van der Waals surface area contributed by atoms with Gasteiger partial charge in [-0.2, -0.15) is 83.1 Å². The van der Waals surface area contributed by atoms with E-state index in [1.807, 2.05) is 0 Å². The van der Waals surface area contributed by atoms with E-state index in [4.69, 9.17) is 8.83 Å². The third-order valence-corrected chi connectivity index (χ3v) is 15.0. The number of alkyl halides is 17. The summed E-state index contributed by atoms with van der Waals surface area (Å²) in [5, 5.41) is -8.65. The second kappa shape index (κ2) is 13.2. The maximum Gasteiger partial charge on any atom is 0.460 e. The molecule has 1 radical (unpaired) electrons. The summed E-state index contributed by atoms with van der Waals surface area (Å²) in [6, 6.07) is 11.9. The molecule has 0 aliphatic rings. The lowest BCUT2D eigenvalue weighted by atomic mass is 9.91. The van der Waals surface area contributed by atoms with Gasteiger partial charge in [0.15, 0.2) is 7.14 Å². The van der Waals surface area contributed by atoms with Gasteiger partial charge in [-0.25, -0.2) is 4.79 Å². The average Bonchev–Trinajstić information content (AvgIpc) is 3.09. The predicted molar refractivity (Wildman–Crippen MR) is 151 cm³/mol. The highest BCUT2D eigenvalue weighted by Gasteiger charge is 2.96. The molecule has 0 aliphatic carbocycles. The molecule has 0 spiro atoms. The van der Waals surface area contributed by atoms with Crippen molar-refractivity contribution in [2.45, 2.75) is 47.0 Å². The van der Waals surface area contributed by atoms with Crippen molar-refractivity contribution in [2.24, 2.45) is 0 Å². The van der Waals surface area contributed by atoms with E-state index in [1.165, 1.54) is 24.3 Å². The molecule has 2 aromatic heterocycles. The summed E-state index contributed by atoms with van der Waals surface area (Å²) in [4.78, 5) is 25.0. The van der Waals surface area contributed by atoms with Crippen molar-refractivity contribution in [3.63, 3.8) is 0 Å². The Morgan fingerprint density at radius 2 is 0.982 bits per heavy atom. The van der Waals surface area contributed by atoms with Crippen molar-refractivity contribution in [1.82, 2.24) is 0 Å². The molecule has 0 saturated heterocycles. The van der Waals surface area contributed by atoms with Crippen LogP contribution in [0.2, 0.25) is 0 Å². The minimum Gasteiger partial charge on any atom is -0.456 e. The number of para-hydroxylation sites is 1. The van der Waals surface area contributed by atoms with Crippen molar-refractivity contribution in [3.8, 4) is 0 Å². The molecule has 0 fully saturated rings. The smallest absolute Gasteiger partial charge is 0.456 e. The lowest BCUT2D eigenvalue weighted by molar-refractivity contribution is -1.03. The van der Waals surface area contributed by atoms with Crippen molar-refractivity contribution >= 4 is 43.0 Å². The number of halogens is 18. The van der Waals surface area contributed by atoms with Crippen molar-refractivity contribution in [2.75, 3.05) is 0 Å². The molecule has 0 aliphatic heterocycles. The summed E-state index contributed by atoms with van der Waals surface area (Å²) in [5.41, 5.74) is -2.90. The second-order valence-corrected chi connectivity index (χ2v) is 17.8. The van der Waals surface area contributed by atoms with Crippen LogP contribution in [0.3, 0.4) is 0 Å². The Morgan fingerprint density at radius 3 is 1.57 bits per heavy atom. The van der Waals surface area contributed by atoms with Crippen LogP contribution >= 0.6 is 0 Å². The summed E-state index contributed by atoms with van der Waals surface area (Å²) in [6.07, 6.45) is -7.97. The zero-order valence-electron chi connectivity index (χ0n) is 26.0. The summed E-state index contributed by atoms with van der Waals surface area (Å²) in [6.45, 7) is 0. The monoisotopic (exact) mass is 966 g/mol. The molecule has 3 aromatic carbocycles. The molecular weight excluding hydrogens is 954 g/mol. The Labute approximate surface area is 304 Å². The largest absolute Gasteiger partial charge is 0.460 e. The average molecular weight is 966 g/mol. The molecule has 0 amide bonds. The highest BCUT2D eigenvalue weighted by Crippen LogP contribution is 2.64. The molecule has 26 heteroatoms. The fourth-order valence-electron chi connectivity index (χ4n) is 4.65. The minimum absolute atomic E-state index is 0.00905. The molecular formula is C30H12F17IO7S+. The first kappa shape index (κ1) is 42.9. The Bertz CT molecular complexity index is 2590. The molecule has 305 valence electrons. The molecule has 56 heavy (non-hydrogen) atoms. The maximum absolute atomic E-state index is 15.2. The molecule has 0 N–H and O–H groups in total. The van der Waals surface area contributed by atoms with E-state index in [0.29, 0.717) is 12.1 Å². The molecule has 7 nitrogen and oxygen atoms in total. The minimum atomic E-state index is -9.04. The van der Waals surface area contributed by atoms with Crippen LogP contribution in [0.5, 0.6) is 0 Å². The summed E-state index contributed by atoms with van der Waals surface area (Å²) < 4.78 is 275. The van der Waals surface area contributed by atoms with Gasteiger partial charge in [-0.1, -0.05) is 12.1 Å². The SMILES string of the molecule is O=c1ccc2ccc([I+](OS(=O)(=O)C(F)(F)C(F)(F)C(F)(F)C(F)(F)C(F)(F)C(F)(F)C(F)(F)C(F)(F)F)c3ccc4oc5ccccc5c(=O)c4c3)cc2o1. The van der Waals surface area contributed by atoms with Crippen molar-refractivity contribution in [3.05, 3.63) is 101 Å². The summed E-state index contributed by atoms with van der Waals surface area (Å²) >= 11 is -5.18. The second-order valence-electron chi connectivity index (χ2n) is 11.2. The van der Waals surface area contributed by atoms with Gasteiger partial charge >= 0.3 is 82.9 Å². The summed E-state index contributed by atoms with van der Waals surface area (Å²) in [5.74, 6) is -52.8. The van der Waals surface area contributed by atoms with Gasteiger partial charge in [-0.05, 0) is 45.0 Å². The van der Waals surface area contributed by atoms with Gasteiger partial charge in [-0.3, -0.25) is 4.79 Å². The molecule has 0 saturated carbocycles. The number of fused-ring (bicyclic) bond motifs is 3. The molecule has 0 atom stereocenters. The highest BCUT2D eigenvalue weighted by molar-refractivity contribution is 7.87. The molecule has 5 aromatic rings. The Balaban J connectivity index is 1.67. The lowest BCUT2D eigenvalue weighted by Gasteiger charge is -2.42. The van der Waals surface area contributed by atoms with Gasteiger partial charge in [0.25, 0.3) is 0 Å². The van der Waals surface area contributed by atoms with E-state index >= 15 is 8.78 Å². The number of hydrogen-bond donors (Lipinski definition) is 0. The number of benzene rings is 3. The molecule has 2 heterocycles. The Hall–Kier alpha value is -4.21. The topological polar surface area (TPSA) is 104 Å². The molecule has 5 rings (SSSR count). The van der Waals surface area contributed by atoms with E-state index in [-0.39, 0.29) is 21.9 Å². The maximum atomic E-state index is 15.2. The van der Waals surface area contributed by atoms with E-state index in [9.17, 15) is 83.9 Å². The first-order chi connectivity index (χ1) is 25.3. The molecule has 0 bridgehead atoms. The van der Waals surface area contributed by atoms with E-state index in [0.717, 1.165) is 36.4 Å². The third kappa shape index (κ3) is 6.15.